The van der Waals surface area contributed by atoms with Crippen molar-refractivity contribution in [2.45, 2.75) is 31.1 Å². The fraction of sp³-hybridized carbons (Fsp3) is 0.263. The summed E-state index contributed by atoms with van der Waals surface area (Å²) in [6, 6.07) is 8.11. The highest BCUT2D eigenvalue weighted by Gasteiger charge is 2.22. The number of sulfonamides is 1. The minimum Gasteiger partial charge on any atom is -0.507 e. The minimum absolute atomic E-state index is 0.193. The van der Waals surface area contributed by atoms with Gasteiger partial charge in [-0.05, 0) is 36.4 Å². The van der Waals surface area contributed by atoms with Gasteiger partial charge < -0.3 is 14.3 Å². The third-order valence-electron chi connectivity index (χ3n) is 3.97. The summed E-state index contributed by atoms with van der Waals surface area (Å²) >= 11 is 0. The number of nitrogens with zero attached hydrogens (tertiary/aromatic N) is 1. The number of aromatic nitrogens is 1. The molecule has 0 amide bonds. The second kappa shape index (κ2) is 6.83. The number of methoxy groups -OCH3 is 1. The number of carbonyl (C=O) groups excluding carboxylic acids is 1. The molecule has 3 aromatic rings. The predicted molar refractivity (Wildman–Crippen MR) is 103 cm³/mol. The molecule has 1 heterocycles. The van der Waals surface area contributed by atoms with Crippen LogP contribution in [0.3, 0.4) is 0 Å². The molecule has 0 aliphatic heterocycles. The van der Waals surface area contributed by atoms with Crippen molar-refractivity contribution in [1.82, 2.24) is 4.98 Å². The van der Waals surface area contributed by atoms with E-state index in [-0.39, 0.29) is 27.3 Å². The Kier molecular flexibility index (Phi) is 4.80. The topological polar surface area (TPSA) is 119 Å². The first-order chi connectivity index (χ1) is 13.0. The highest BCUT2D eigenvalue weighted by molar-refractivity contribution is 7.92. The summed E-state index contributed by atoms with van der Waals surface area (Å²) < 4.78 is 38.1. The normalized spacial score (nSPS) is 12.1. The van der Waals surface area contributed by atoms with Crippen molar-refractivity contribution in [3.63, 3.8) is 0 Å². The van der Waals surface area contributed by atoms with E-state index in [0.717, 1.165) is 19.2 Å². The molecule has 148 valence electrons. The molecular formula is C19H20N2O6S. The molecule has 0 aliphatic carbocycles. The molecule has 1 aromatic heterocycles. The second-order valence-electron chi connectivity index (χ2n) is 7.23. The molecule has 0 spiro atoms. The molecule has 0 saturated carbocycles. The smallest absolute Gasteiger partial charge is 0.341 e. The standard InChI is InChI=1S/C19H20N2O6S/c1-19(2,3)18-20-14-9-11(5-8-16(14)27-18)21-28(24,25)12-6-7-15(22)13(10-12)17(23)26-4/h5-10,21-22H,1-4H3. The van der Waals surface area contributed by atoms with Crippen LogP contribution in [0.4, 0.5) is 5.69 Å². The third-order valence-corrected chi connectivity index (χ3v) is 5.34. The van der Waals surface area contributed by atoms with Gasteiger partial charge in [0.05, 0.1) is 17.7 Å². The van der Waals surface area contributed by atoms with Crippen molar-refractivity contribution in [2.75, 3.05) is 11.8 Å². The number of anilines is 1. The van der Waals surface area contributed by atoms with Crippen LogP contribution < -0.4 is 4.72 Å². The predicted octanol–water partition coefficient (Wildman–Crippen LogP) is 3.42. The first kappa shape index (κ1) is 19.7. The molecule has 0 bridgehead atoms. The Morgan fingerprint density at radius 3 is 2.54 bits per heavy atom. The number of hydrogen-bond acceptors (Lipinski definition) is 7. The lowest BCUT2D eigenvalue weighted by atomic mass is 9.97. The van der Waals surface area contributed by atoms with Crippen molar-refractivity contribution in [1.29, 1.82) is 0 Å². The Bertz CT molecular complexity index is 1160. The molecule has 0 fully saturated rings. The number of ether oxygens (including phenoxy) is 1. The lowest BCUT2D eigenvalue weighted by Crippen LogP contribution is -2.14. The molecule has 2 aromatic carbocycles. The number of rotatable bonds is 4. The van der Waals surface area contributed by atoms with Crippen molar-refractivity contribution in [3.8, 4) is 5.75 Å². The molecule has 0 unspecified atom stereocenters. The molecule has 0 saturated heterocycles. The summed E-state index contributed by atoms with van der Waals surface area (Å²) in [6.07, 6.45) is 0. The molecule has 0 radical (unpaired) electrons. The van der Waals surface area contributed by atoms with Crippen LogP contribution in [0.25, 0.3) is 11.1 Å². The molecule has 0 aliphatic rings. The molecule has 28 heavy (non-hydrogen) atoms. The molecule has 8 nitrogen and oxygen atoms in total. The fourth-order valence-corrected chi connectivity index (χ4v) is 3.56. The maximum absolute atomic E-state index is 12.7. The minimum atomic E-state index is -4.01. The maximum atomic E-state index is 12.7. The van der Waals surface area contributed by atoms with Crippen molar-refractivity contribution in [3.05, 3.63) is 47.9 Å². The van der Waals surface area contributed by atoms with Gasteiger partial charge >= 0.3 is 5.97 Å². The first-order valence-corrected chi connectivity index (χ1v) is 9.85. The van der Waals surface area contributed by atoms with E-state index in [9.17, 15) is 18.3 Å². The van der Waals surface area contributed by atoms with E-state index in [4.69, 9.17) is 4.42 Å². The SMILES string of the molecule is COC(=O)c1cc(S(=O)(=O)Nc2ccc3oc(C(C)(C)C)nc3c2)ccc1O. The fourth-order valence-electron chi connectivity index (χ4n) is 2.48. The Morgan fingerprint density at radius 1 is 1.18 bits per heavy atom. The molecular weight excluding hydrogens is 384 g/mol. The zero-order valence-corrected chi connectivity index (χ0v) is 16.6. The Balaban J connectivity index is 1.95. The average Bonchev–Trinajstić information content (AvgIpc) is 3.04. The number of benzene rings is 2. The van der Waals surface area contributed by atoms with Crippen molar-refractivity contribution in [2.24, 2.45) is 0 Å². The monoisotopic (exact) mass is 404 g/mol. The Hall–Kier alpha value is -3.07. The highest BCUT2D eigenvalue weighted by Crippen LogP contribution is 2.29. The number of carbonyl (C=O) groups is 1. The van der Waals surface area contributed by atoms with E-state index in [1.807, 2.05) is 20.8 Å². The number of esters is 1. The van der Waals surface area contributed by atoms with Crippen molar-refractivity contribution < 1.29 is 27.5 Å². The van der Waals surface area contributed by atoms with E-state index < -0.39 is 16.0 Å². The van der Waals surface area contributed by atoms with E-state index >= 15 is 0 Å². The number of nitrogens with one attached hydrogen (secondary N) is 1. The number of aromatic hydroxyl groups is 1. The highest BCUT2D eigenvalue weighted by atomic mass is 32.2. The number of oxazole rings is 1. The largest absolute Gasteiger partial charge is 0.507 e. The van der Waals surface area contributed by atoms with E-state index in [1.54, 1.807) is 18.2 Å². The summed E-state index contributed by atoms with van der Waals surface area (Å²) in [4.78, 5) is 15.9. The first-order valence-electron chi connectivity index (χ1n) is 8.36. The van der Waals surface area contributed by atoms with Crippen LogP contribution in [0.2, 0.25) is 0 Å². The van der Waals surface area contributed by atoms with Crippen LogP contribution in [0.1, 0.15) is 37.0 Å². The molecule has 9 heteroatoms. The van der Waals surface area contributed by atoms with Crippen LogP contribution in [-0.4, -0.2) is 31.6 Å². The van der Waals surface area contributed by atoms with Crippen LogP contribution in [0, 0.1) is 0 Å². The van der Waals surface area contributed by atoms with E-state index in [0.29, 0.717) is 17.0 Å². The summed E-state index contributed by atoms with van der Waals surface area (Å²) in [5, 5.41) is 9.74. The summed E-state index contributed by atoms with van der Waals surface area (Å²) in [7, 11) is -2.87. The van der Waals surface area contributed by atoms with Gasteiger partial charge in [-0.15, -0.1) is 0 Å². The maximum Gasteiger partial charge on any atom is 0.341 e. The summed E-state index contributed by atoms with van der Waals surface area (Å²) in [5.41, 5.74) is 0.826. The van der Waals surface area contributed by atoms with Crippen LogP contribution >= 0.6 is 0 Å². The lowest BCUT2D eigenvalue weighted by molar-refractivity contribution is 0.0597. The van der Waals surface area contributed by atoms with Gasteiger partial charge in [-0.2, -0.15) is 0 Å². The van der Waals surface area contributed by atoms with Gasteiger partial charge in [0.2, 0.25) is 5.89 Å². The number of phenolic OH excluding ortho intramolecular Hbond substituents is 1. The lowest BCUT2D eigenvalue weighted by Gasteiger charge is -2.11. The Morgan fingerprint density at radius 2 is 1.89 bits per heavy atom. The van der Waals surface area contributed by atoms with Crippen LogP contribution in [-0.2, 0) is 20.2 Å². The second-order valence-corrected chi connectivity index (χ2v) is 8.91. The summed E-state index contributed by atoms with van der Waals surface area (Å²) in [5.74, 6) is -0.665. The van der Waals surface area contributed by atoms with Crippen LogP contribution in [0.15, 0.2) is 45.7 Å². The zero-order chi connectivity index (χ0) is 20.7. The molecule has 3 rings (SSSR count). The van der Waals surface area contributed by atoms with Gasteiger partial charge in [0, 0.05) is 5.41 Å². The van der Waals surface area contributed by atoms with E-state index in [2.05, 4.69) is 14.4 Å². The Labute approximate surface area is 162 Å². The van der Waals surface area contributed by atoms with Gasteiger partial charge in [-0.1, -0.05) is 20.8 Å². The average molecular weight is 404 g/mol. The molecule has 2 N–H and O–H groups in total. The number of fused-ring (bicyclic) bond motifs is 1. The van der Waals surface area contributed by atoms with Crippen LogP contribution in [0.5, 0.6) is 5.75 Å². The van der Waals surface area contributed by atoms with E-state index in [1.165, 1.54) is 6.07 Å². The van der Waals surface area contributed by atoms with Crippen molar-refractivity contribution >= 4 is 32.8 Å². The van der Waals surface area contributed by atoms with Gasteiger partial charge in [0.1, 0.15) is 16.8 Å². The summed E-state index contributed by atoms with van der Waals surface area (Å²) in [6.45, 7) is 5.89. The number of phenols is 1. The van der Waals surface area contributed by atoms with Gasteiger partial charge in [0.25, 0.3) is 10.0 Å². The van der Waals surface area contributed by atoms with Gasteiger partial charge in [-0.25, -0.2) is 18.2 Å². The van der Waals surface area contributed by atoms with Gasteiger partial charge in [-0.3, -0.25) is 4.72 Å². The zero-order valence-electron chi connectivity index (χ0n) is 15.8. The third kappa shape index (κ3) is 3.79. The quantitative estimate of drug-likeness (QED) is 0.640. The molecule has 0 atom stereocenters. The van der Waals surface area contributed by atoms with Gasteiger partial charge in [0.15, 0.2) is 5.58 Å². The number of hydrogen-bond donors (Lipinski definition) is 2.